The molecule has 0 aliphatic heterocycles. The predicted octanol–water partition coefficient (Wildman–Crippen LogP) is 3.40. The zero-order valence-electron chi connectivity index (χ0n) is 5.84. The highest BCUT2D eigenvalue weighted by molar-refractivity contribution is 9.10. The highest BCUT2D eigenvalue weighted by Crippen LogP contribution is 2.22. The standard InChI is InChI=1S/C10H6Br/c11-10-7-3-5-8-4-1-2-6-9(8)10/h1,3-7H. The van der Waals surface area contributed by atoms with Crippen LogP contribution in [0.15, 0.2) is 40.9 Å². The molecular weight excluding hydrogens is 200 g/mol. The van der Waals surface area contributed by atoms with Gasteiger partial charge in [0.1, 0.15) is 0 Å². The number of halogens is 1. The summed E-state index contributed by atoms with van der Waals surface area (Å²) in [5, 5.41) is 2.47. The van der Waals surface area contributed by atoms with E-state index >= 15 is 0 Å². The van der Waals surface area contributed by atoms with Gasteiger partial charge in [0, 0.05) is 4.47 Å². The summed E-state index contributed by atoms with van der Waals surface area (Å²) in [6.45, 7) is 0. The van der Waals surface area contributed by atoms with Gasteiger partial charge >= 0.3 is 0 Å². The summed E-state index contributed by atoms with van der Waals surface area (Å²) in [5.41, 5.74) is 0. The fourth-order valence-corrected chi connectivity index (χ4v) is 1.62. The topological polar surface area (TPSA) is 0 Å². The molecule has 0 amide bonds. The molecule has 2 aromatic carbocycles. The van der Waals surface area contributed by atoms with Crippen molar-refractivity contribution in [3.05, 3.63) is 46.9 Å². The summed E-state index contributed by atoms with van der Waals surface area (Å²) < 4.78 is 1.13. The maximum absolute atomic E-state index is 3.48. The fourth-order valence-electron chi connectivity index (χ4n) is 1.12. The molecule has 0 bridgehead atoms. The van der Waals surface area contributed by atoms with Gasteiger partial charge in [-0.2, -0.15) is 0 Å². The molecule has 53 valence electrons. The summed E-state index contributed by atoms with van der Waals surface area (Å²) in [5.74, 6) is 0. The summed E-state index contributed by atoms with van der Waals surface area (Å²) in [4.78, 5) is 0. The monoisotopic (exact) mass is 205 g/mol. The minimum atomic E-state index is 1.13. The second kappa shape index (κ2) is 2.67. The summed E-state index contributed by atoms with van der Waals surface area (Å²) in [6, 6.07) is 15.2. The third-order valence-electron chi connectivity index (χ3n) is 1.67. The van der Waals surface area contributed by atoms with Gasteiger partial charge < -0.3 is 0 Å². The van der Waals surface area contributed by atoms with Crippen LogP contribution in [-0.4, -0.2) is 0 Å². The predicted molar refractivity (Wildman–Crippen MR) is 50.5 cm³/mol. The first-order valence-electron chi connectivity index (χ1n) is 3.42. The highest BCUT2D eigenvalue weighted by Gasteiger charge is 1.93. The molecule has 0 saturated heterocycles. The molecule has 0 atom stereocenters. The Bertz CT molecular complexity index is 374. The molecule has 0 N–H and O–H groups in total. The third kappa shape index (κ3) is 1.16. The lowest BCUT2D eigenvalue weighted by atomic mass is 10.1. The van der Waals surface area contributed by atoms with E-state index in [0.29, 0.717) is 0 Å². The first-order valence-corrected chi connectivity index (χ1v) is 4.21. The molecule has 0 heterocycles. The Balaban J connectivity index is 2.91. The second-order valence-electron chi connectivity index (χ2n) is 2.39. The third-order valence-corrected chi connectivity index (χ3v) is 2.36. The molecule has 0 aliphatic carbocycles. The second-order valence-corrected chi connectivity index (χ2v) is 3.24. The van der Waals surface area contributed by atoms with Crippen molar-refractivity contribution in [2.24, 2.45) is 0 Å². The SMILES string of the molecule is Brc1cccc2cc[c]cc12. The zero-order valence-corrected chi connectivity index (χ0v) is 7.43. The van der Waals surface area contributed by atoms with Gasteiger partial charge in [-0.1, -0.05) is 40.2 Å². The normalized spacial score (nSPS) is 10.3. The molecule has 1 heteroatoms. The van der Waals surface area contributed by atoms with E-state index in [9.17, 15) is 0 Å². The Morgan fingerprint density at radius 2 is 2.09 bits per heavy atom. The van der Waals surface area contributed by atoms with Crippen molar-refractivity contribution in [1.82, 2.24) is 0 Å². The maximum Gasteiger partial charge on any atom is 0.0253 e. The number of hydrogen-bond acceptors (Lipinski definition) is 0. The van der Waals surface area contributed by atoms with Gasteiger partial charge in [-0.3, -0.25) is 0 Å². The Hall–Kier alpha value is -0.820. The molecule has 0 aromatic heterocycles. The van der Waals surface area contributed by atoms with Crippen LogP contribution in [-0.2, 0) is 0 Å². The highest BCUT2D eigenvalue weighted by atomic mass is 79.9. The average molecular weight is 206 g/mol. The Kier molecular flexibility index (Phi) is 1.66. The average Bonchev–Trinajstić information content (AvgIpc) is 2.06. The van der Waals surface area contributed by atoms with Gasteiger partial charge in [-0.15, -0.1) is 0 Å². The van der Waals surface area contributed by atoms with E-state index in [2.05, 4.69) is 34.1 Å². The summed E-state index contributed by atoms with van der Waals surface area (Å²) in [6.07, 6.45) is 0. The van der Waals surface area contributed by atoms with Crippen LogP contribution in [0.4, 0.5) is 0 Å². The van der Waals surface area contributed by atoms with Crippen molar-refractivity contribution >= 4 is 26.7 Å². The van der Waals surface area contributed by atoms with E-state index in [1.165, 1.54) is 10.8 Å². The van der Waals surface area contributed by atoms with Crippen LogP contribution in [0.5, 0.6) is 0 Å². The lowest BCUT2D eigenvalue weighted by Gasteiger charge is -1.97. The van der Waals surface area contributed by atoms with Gasteiger partial charge in [0.05, 0.1) is 0 Å². The number of rotatable bonds is 0. The Labute approximate surface area is 74.0 Å². The summed E-state index contributed by atoms with van der Waals surface area (Å²) >= 11 is 3.48. The van der Waals surface area contributed by atoms with Gasteiger partial charge in [0.25, 0.3) is 0 Å². The minimum absolute atomic E-state index is 1.13. The van der Waals surface area contributed by atoms with Crippen LogP contribution < -0.4 is 0 Å². The van der Waals surface area contributed by atoms with E-state index in [1.54, 1.807) is 0 Å². The van der Waals surface area contributed by atoms with Crippen LogP contribution in [0.25, 0.3) is 10.8 Å². The molecular formula is C10H6Br. The van der Waals surface area contributed by atoms with Gasteiger partial charge in [0.2, 0.25) is 0 Å². The molecule has 1 radical (unpaired) electrons. The molecule has 0 nitrogen and oxygen atoms in total. The van der Waals surface area contributed by atoms with E-state index in [0.717, 1.165) is 4.47 Å². The van der Waals surface area contributed by atoms with Crippen LogP contribution in [0.2, 0.25) is 0 Å². The molecule has 0 unspecified atom stereocenters. The van der Waals surface area contributed by atoms with E-state index in [4.69, 9.17) is 0 Å². The zero-order chi connectivity index (χ0) is 7.68. The smallest absolute Gasteiger partial charge is 0.0253 e. The maximum atomic E-state index is 3.48. The minimum Gasteiger partial charge on any atom is -0.0605 e. The van der Waals surface area contributed by atoms with Gasteiger partial charge in [-0.05, 0) is 29.0 Å². The first-order chi connectivity index (χ1) is 5.38. The van der Waals surface area contributed by atoms with E-state index in [1.807, 2.05) is 24.3 Å². The molecule has 11 heavy (non-hydrogen) atoms. The molecule has 0 aliphatic rings. The van der Waals surface area contributed by atoms with Crippen molar-refractivity contribution in [2.45, 2.75) is 0 Å². The van der Waals surface area contributed by atoms with E-state index in [-0.39, 0.29) is 0 Å². The number of hydrogen-bond donors (Lipinski definition) is 0. The number of fused-ring (bicyclic) bond motifs is 1. The first kappa shape index (κ1) is 6.86. The molecule has 0 saturated carbocycles. The molecule has 0 spiro atoms. The van der Waals surface area contributed by atoms with E-state index < -0.39 is 0 Å². The fraction of sp³-hybridized carbons (Fsp3) is 0. The lowest BCUT2D eigenvalue weighted by Crippen LogP contribution is -1.71. The largest absolute Gasteiger partial charge is 0.0605 e. The number of benzene rings is 2. The van der Waals surface area contributed by atoms with Gasteiger partial charge in [-0.25, -0.2) is 0 Å². The summed E-state index contributed by atoms with van der Waals surface area (Å²) in [7, 11) is 0. The lowest BCUT2D eigenvalue weighted by molar-refractivity contribution is 1.70. The molecule has 0 fully saturated rings. The van der Waals surface area contributed by atoms with Crippen LogP contribution >= 0.6 is 15.9 Å². The Morgan fingerprint density at radius 1 is 1.18 bits per heavy atom. The van der Waals surface area contributed by atoms with Crippen molar-refractivity contribution < 1.29 is 0 Å². The van der Waals surface area contributed by atoms with Crippen molar-refractivity contribution in [3.8, 4) is 0 Å². The van der Waals surface area contributed by atoms with Gasteiger partial charge in [0.15, 0.2) is 0 Å². The van der Waals surface area contributed by atoms with Crippen LogP contribution in [0, 0.1) is 6.07 Å². The van der Waals surface area contributed by atoms with Crippen LogP contribution in [0.3, 0.4) is 0 Å². The van der Waals surface area contributed by atoms with Crippen molar-refractivity contribution in [3.63, 3.8) is 0 Å². The van der Waals surface area contributed by atoms with Crippen molar-refractivity contribution in [2.75, 3.05) is 0 Å². The quantitative estimate of drug-likeness (QED) is 0.619. The van der Waals surface area contributed by atoms with Crippen molar-refractivity contribution in [1.29, 1.82) is 0 Å². The molecule has 2 rings (SSSR count). The molecule has 2 aromatic rings. The van der Waals surface area contributed by atoms with Crippen LogP contribution in [0.1, 0.15) is 0 Å². The Morgan fingerprint density at radius 3 is 2.91 bits per heavy atom.